The number of aromatic nitrogens is 1. The quantitative estimate of drug-likeness (QED) is 0.734. The van der Waals surface area contributed by atoms with Crippen molar-refractivity contribution in [1.82, 2.24) is 15.6 Å². The molecule has 1 aromatic carbocycles. The Labute approximate surface area is 164 Å². The summed E-state index contributed by atoms with van der Waals surface area (Å²) in [6.45, 7) is 5.94. The molecule has 7 heteroatoms. The first-order valence-corrected chi connectivity index (χ1v) is 9.33. The lowest BCUT2D eigenvalue weighted by Gasteiger charge is -2.19. The molecule has 1 heterocycles. The van der Waals surface area contributed by atoms with Crippen molar-refractivity contribution in [1.29, 1.82) is 0 Å². The molecule has 1 fully saturated rings. The van der Waals surface area contributed by atoms with E-state index in [1.54, 1.807) is 12.4 Å². The normalized spacial score (nSPS) is 18.1. The minimum absolute atomic E-state index is 0.0939. The van der Waals surface area contributed by atoms with E-state index < -0.39 is 5.60 Å². The van der Waals surface area contributed by atoms with Gasteiger partial charge in [-0.15, -0.1) is 0 Å². The van der Waals surface area contributed by atoms with Crippen LogP contribution in [0, 0.1) is 0 Å². The lowest BCUT2D eigenvalue weighted by atomic mass is 10.1. The van der Waals surface area contributed by atoms with Crippen molar-refractivity contribution in [3.63, 3.8) is 0 Å². The molecule has 2 atom stereocenters. The molecule has 0 radical (unpaired) electrons. The summed E-state index contributed by atoms with van der Waals surface area (Å²) in [5, 5.41) is 8.49. The molecule has 0 unspecified atom stereocenters. The molecule has 0 spiro atoms. The van der Waals surface area contributed by atoms with Crippen LogP contribution in [0.2, 0.25) is 0 Å². The summed E-state index contributed by atoms with van der Waals surface area (Å²) >= 11 is 0. The number of benzene rings is 1. The first-order chi connectivity index (χ1) is 13.3. The third-order valence-electron chi connectivity index (χ3n) is 4.27. The highest BCUT2D eigenvalue weighted by molar-refractivity contribution is 5.89. The van der Waals surface area contributed by atoms with Crippen LogP contribution < -0.4 is 16.0 Å². The van der Waals surface area contributed by atoms with Crippen molar-refractivity contribution >= 4 is 17.8 Å². The van der Waals surface area contributed by atoms with Crippen LogP contribution in [0.15, 0.2) is 48.8 Å². The Bertz CT molecular complexity index is 816. The van der Waals surface area contributed by atoms with Gasteiger partial charge >= 0.3 is 12.1 Å². The van der Waals surface area contributed by atoms with Gasteiger partial charge in [0, 0.05) is 36.6 Å². The van der Waals surface area contributed by atoms with Gasteiger partial charge in [-0.1, -0.05) is 18.2 Å². The molecular weight excluding hydrogens is 356 g/mol. The minimum Gasteiger partial charge on any atom is -0.444 e. The van der Waals surface area contributed by atoms with Crippen LogP contribution in [0.4, 0.5) is 15.3 Å². The fraction of sp³-hybridized carbons (Fsp3) is 0.381. The number of hydrogen-bond acceptors (Lipinski definition) is 4. The van der Waals surface area contributed by atoms with Gasteiger partial charge in [0.2, 0.25) is 0 Å². The van der Waals surface area contributed by atoms with Crippen molar-refractivity contribution in [2.24, 2.45) is 0 Å². The number of pyridine rings is 1. The van der Waals surface area contributed by atoms with Gasteiger partial charge in [-0.3, -0.25) is 4.98 Å². The highest BCUT2D eigenvalue weighted by Crippen LogP contribution is 2.41. The molecule has 3 amide bonds. The molecular formula is C21H26N4O3. The summed E-state index contributed by atoms with van der Waals surface area (Å²) in [7, 11) is 0. The van der Waals surface area contributed by atoms with E-state index in [4.69, 9.17) is 4.74 Å². The third-order valence-corrected chi connectivity index (χ3v) is 4.27. The highest BCUT2D eigenvalue weighted by atomic mass is 16.6. The fourth-order valence-corrected chi connectivity index (χ4v) is 2.86. The maximum absolute atomic E-state index is 12.0. The number of carbonyl (C=O) groups is 2. The molecule has 1 aliphatic carbocycles. The summed E-state index contributed by atoms with van der Waals surface area (Å²) in [4.78, 5) is 27.8. The molecule has 1 aromatic heterocycles. The van der Waals surface area contributed by atoms with E-state index in [9.17, 15) is 9.59 Å². The van der Waals surface area contributed by atoms with Crippen molar-refractivity contribution in [3.05, 3.63) is 59.9 Å². The Kier molecular flexibility index (Phi) is 5.82. The van der Waals surface area contributed by atoms with Crippen molar-refractivity contribution in [2.45, 2.75) is 51.3 Å². The number of ether oxygens (including phenoxy) is 1. The summed E-state index contributed by atoms with van der Waals surface area (Å²) in [5.41, 5.74) is 2.27. The van der Waals surface area contributed by atoms with Crippen LogP contribution in [-0.4, -0.2) is 28.8 Å². The zero-order valence-electron chi connectivity index (χ0n) is 16.4. The van der Waals surface area contributed by atoms with Crippen molar-refractivity contribution in [3.8, 4) is 0 Å². The first-order valence-electron chi connectivity index (χ1n) is 9.33. The van der Waals surface area contributed by atoms with Gasteiger partial charge in [0.25, 0.3) is 0 Å². The average molecular weight is 382 g/mol. The number of urea groups is 1. The van der Waals surface area contributed by atoms with Crippen LogP contribution in [-0.2, 0) is 11.3 Å². The van der Waals surface area contributed by atoms with Gasteiger partial charge in [0.05, 0.1) is 0 Å². The smallest absolute Gasteiger partial charge is 0.407 e. The number of rotatable bonds is 5. The van der Waals surface area contributed by atoms with Gasteiger partial charge in [-0.05, 0) is 56.5 Å². The van der Waals surface area contributed by atoms with E-state index >= 15 is 0 Å². The SMILES string of the molecule is CC(C)(C)OC(=O)N[C@@H]1C[C@H]1c1ccc(NC(=O)NCc2cccnc2)cc1. The van der Waals surface area contributed by atoms with Crippen molar-refractivity contribution < 1.29 is 14.3 Å². The predicted octanol–water partition coefficient (Wildman–Crippen LogP) is 3.78. The Morgan fingerprint density at radius 2 is 1.93 bits per heavy atom. The van der Waals surface area contributed by atoms with E-state index in [-0.39, 0.29) is 24.1 Å². The Hall–Kier alpha value is -3.09. The van der Waals surface area contributed by atoms with Gasteiger partial charge < -0.3 is 20.7 Å². The number of carbonyl (C=O) groups excluding carboxylic acids is 2. The number of nitrogens with zero attached hydrogens (tertiary/aromatic N) is 1. The molecule has 3 N–H and O–H groups in total. The summed E-state index contributed by atoms with van der Waals surface area (Å²) in [6, 6.07) is 11.2. The summed E-state index contributed by atoms with van der Waals surface area (Å²) in [5.74, 6) is 0.279. The fourth-order valence-electron chi connectivity index (χ4n) is 2.86. The second-order valence-electron chi connectivity index (χ2n) is 7.89. The number of hydrogen-bond donors (Lipinski definition) is 3. The Morgan fingerprint density at radius 1 is 1.18 bits per heavy atom. The standard InChI is InChI=1S/C21H26N4O3/c1-21(2,3)28-20(27)25-18-11-17(18)15-6-8-16(9-7-15)24-19(26)23-13-14-5-4-10-22-12-14/h4-10,12,17-18H,11,13H2,1-3H3,(H,25,27)(H2,23,24,26)/t17-,18+/m0/s1. The number of amides is 3. The first kappa shape index (κ1) is 19.7. The van der Waals surface area contributed by atoms with Crippen LogP contribution in [0.1, 0.15) is 44.2 Å². The van der Waals surface area contributed by atoms with Crippen molar-refractivity contribution in [2.75, 3.05) is 5.32 Å². The number of anilines is 1. The molecule has 7 nitrogen and oxygen atoms in total. The van der Waals surface area contributed by atoms with Crippen LogP contribution in [0.5, 0.6) is 0 Å². The second kappa shape index (κ2) is 8.29. The number of alkyl carbamates (subject to hydrolysis) is 1. The monoisotopic (exact) mass is 382 g/mol. The molecule has 148 valence electrons. The molecule has 2 aromatic rings. The Morgan fingerprint density at radius 3 is 2.57 bits per heavy atom. The van der Waals surface area contributed by atoms with E-state index in [1.807, 2.05) is 57.2 Å². The van der Waals surface area contributed by atoms with Crippen LogP contribution >= 0.6 is 0 Å². The Balaban J connectivity index is 1.44. The zero-order chi connectivity index (χ0) is 20.1. The third kappa shape index (κ3) is 5.97. The molecule has 0 aliphatic heterocycles. The highest BCUT2D eigenvalue weighted by Gasteiger charge is 2.40. The maximum Gasteiger partial charge on any atom is 0.407 e. The lowest BCUT2D eigenvalue weighted by molar-refractivity contribution is 0.0522. The number of nitrogens with one attached hydrogen (secondary N) is 3. The lowest BCUT2D eigenvalue weighted by Crippen LogP contribution is -2.34. The average Bonchev–Trinajstić information content (AvgIpc) is 3.39. The van der Waals surface area contributed by atoms with Gasteiger partial charge in [-0.2, -0.15) is 0 Å². The van der Waals surface area contributed by atoms with Crippen LogP contribution in [0.25, 0.3) is 0 Å². The van der Waals surface area contributed by atoms with E-state index in [0.29, 0.717) is 12.2 Å². The second-order valence-corrected chi connectivity index (χ2v) is 7.89. The van der Waals surface area contributed by atoms with E-state index in [1.165, 1.54) is 0 Å². The molecule has 3 rings (SSSR count). The largest absolute Gasteiger partial charge is 0.444 e. The molecule has 1 aliphatic rings. The van der Waals surface area contributed by atoms with Gasteiger partial charge in [0.15, 0.2) is 0 Å². The predicted molar refractivity (Wildman–Crippen MR) is 107 cm³/mol. The molecule has 0 saturated heterocycles. The van der Waals surface area contributed by atoms with Gasteiger partial charge in [0.1, 0.15) is 5.60 Å². The summed E-state index contributed by atoms with van der Waals surface area (Å²) < 4.78 is 5.28. The topological polar surface area (TPSA) is 92.4 Å². The van der Waals surface area contributed by atoms with Gasteiger partial charge in [-0.25, -0.2) is 9.59 Å². The minimum atomic E-state index is -0.501. The maximum atomic E-state index is 12.0. The molecule has 28 heavy (non-hydrogen) atoms. The summed E-state index contributed by atoms with van der Waals surface area (Å²) in [6.07, 6.45) is 3.91. The van der Waals surface area contributed by atoms with E-state index in [0.717, 1.165) is 17.5 Å². The molecule has 1 saturated carbocycles. The van der Waals surface area contributed by atoms with Crippen LogP contribution in [0.3, 0.4) is 0 Å². The zero-order valence-corrected chi connectivity index (χ0v) is 16.4. The molecule has 0 bridgehead atoms. The van der Waals surface area contributed by atoms with E-state index in [2.05, 4.69) is 20.9 Å².